The molecule has 0 radical (unpaired) electrons. The van der Waals surface area contributed by atoms with Crippen molar-refractivity contribution >= 4 is 5.97 Å². The first-order valence-electron chi connectivity index (χ1n) is 5.47. The van der Waals surface area contributed by atoms with E-state index in [2.05, 4.69) is 6.58 Å². The molecule has 1 N–H and O–H groups in total. The number of carbonyl (C=O) groups is 1. The average molecular weight is 194 g/mol. The van der Waals surface area contributed by atoms with Crippen LogP contribution in [0.1, 0.15) is 39.0 Å². The van der Waals surface area contributed by atoms with E-state index in [1.807, 2.05) is 6.92 Å². The summed E-state index contributed by atoms with van der Waals surface area (Å²) in [6, 6.07) is 0. The lowest BCUT2D eigenvalue weighted by Crippen LogP contribution is -2.27. The van der Waals surface area contributed by atoms with Gasteiger partial charge in [0.25, 0.3) is 0 Å². The number of rotatable bonds is 3. The minimum Gasteiger partial charge on any atom is -0.478 e. The Morgan fingerprint density at radius 1 is 1.50 bits per heavy atom. The Hall–Kier alpha value is -0.790. The summed E-state index contributed by atoms with van der Waals surface area (Å²) in [6.45, 7) is 5.76. The van der Waals surface area contributed by atoms with Crippen molar-refractivity contribution in [2.75, 3.05) is 0 Å². The van der Waals surface area contributed by atoms with E-state index in [1.165, 1.54) is 32.1 Å². The molecular weight excluding hydrogens is 176 g/mol. The smallest absolute Gasteiger partial charge is 0.331 e. The summed E-state index contributed by atoms with van der Waals surface area (Å²) in [5.74, 6) is 0.216. The molecule has 0 heterocycles. The maximum Gasteiger partial charge on any atom is 0.331 e. The summed E-state index contributed by atoms with van der Waals surface area (Å²) in [4.78, 5) is 10.9. The summed E-state index contributed by atoms with van der Waals surface area (Å²) in [5.41, 5.74) is 0.702. The number of hydrogen-bond donors (Lipinski definition) is 1. The van der Waals surface area contributed by atoms with E-state index in [9.17, 15) is 4.79 Å². The zero-order valence-corrected chi connectivity index (χ0v) is 8.75. The molecule has 2 nitrogen and oxygen atoms in total. The monoisotopic (exact) mass is 194 g/mol. The lowest BCUT2D eigenvalue weighted by molar-refractivity contribution is -0.133. The summed E-state index contributed by atoms with van der Waals surface area (Å²) >= 11 is 0. The van der Waals surface area contributed by atoms with Gasteiger partial charge in [0, 0.05) is 5.57 Å². The molecule has 2 rings (SSSR count). The van der Waals surface area contributed by atoms with Crippen molar-refractivity contribution in [3.63, 3.8) is 0 Å². The van der Waals surface area contributed by atoms with Gasteiger partial charge in [-0.3, -0.25) is 0 Å². The van der Waals surface area contributed by atoms with E-state index < -0.39 is 5.97 Å². The van der Waals surface area contributed by atoms with Crippen molar-refractivity contribution in [2.24, 2.45) is 17.3 Å². The first-order valence-corrected chi connectivity index (χ1v) is 5.47. The summed E-state index contributed by atoms with van der Waals surface area (Å²) in [7, 11) is 0. The number of aliphatic carboxylic acids is 1. The Balaban J connectivity index is 2.14. The predicted octanol–water partition coefficient (Wildman–Crippen LogP) is 2.84. The first kappa shape index (κ1) is 9.75. The second-order valence-corrected chi connectivity index (χ2v) is 5.06. The fourth-order valence-corrected chi connectivity index (χ4v) is 3.40. The molecule has 1 atom stereocenters. The summed E-state index contributed by atoms with van der Waals surface area (Å²) in [6.07, 6.45) is 6.27. The van der Waals surface area contributed by atoms with Crippen molar-refractivity contribution < 1.29 is 9.90 Å². The molecule has 2 bridgehead atoms. The van der Waals surface area contributed by atoms with E-state index in [1.54, 1.807) is 0 Å². The molecule has 0 spiro atoms. The topological polar surface area (TPSA) is 37.3 Å². The third-order valence-electron chi connectivity index (χ3n) is 4.51. The van der Waals surface area contributed by atoms with E-state index >= 15 is 0 Å². The lowest BCUT2D eigenvalue weighted by atomic mass is 9.71. The van der Waals surface area contributed by atoms with Crippen LogP contribution < -0.4 is 0 Å². The van der Waals surface area contributed by atoms with Crippen LogP contribution in [-0.2, 0) is 4.79 Å². The number of carboxylic acids is 1. The minimum atomic E-state index is -0.817. The highest BCUT2D eigenvalue weighted by atomic mass is 16.4. The van der Waals surface area contributed by atoms with E-state index in [4.69, 9.17) is 5.11 Å². The molecule has 2 aliphatic carbocycles. The third kappa shape index (κ3) is 1.28. The van der Waals surface area contributed by atoms with Crippen LogP contribution in [0.4, 0.5) is 0 Å². The molecule has 14 heavy (non-hydrogen) atoms. The highest BCUT2D eigenvalue weighted by Gasteiger charge is 2.49. The van der Waals surface area contributed by atoms with Gasteiger partial charge in [-0.05, 0) is 49.4 Å². The highest BCUT2D eigenvalue weighted by molar-refractivity contribution is 5.86. The SMILES string of the molecule is C=C(C(=O)O)C(C)C12CCC(CC1)C2. The van der Waals surface area contributed by atoms with Gasteiger partial charge in [0.2, 0.25) is 0 Å². The van der Waals surface area contributed by atoms with Crippen LogP contribution in [0.5, 0.6) is 0 Å². The van der Waals surface area contributed by atoms with Gasteiger partial charge < -0.3 is 5.11 Å². The number of carboxylic acid groups (broad SMARTS) is 1. The van der Waals surface area contributed by atoms with Gasteiger partial charge in [0.05, 0.1) is 0 Å². The number of fused-ring (bicyclic) bond motifs is 2. The lowest BCUT2D eigenvalue weighted by Gasteiger charge is -2.33. The fraction of sp³-hybridized carbons (Fsp3) is 0.750. The molecule has 78 valence electrons. The normalized spacial score (nSPS) is 37.1. The van der Waals surface area contributed by atoms with Gasteiger partial charge in [-0.15, -0.1) is 0 Å². The van der Waals surface area contributed by atoms with Gasteiger partial charge in [0.15, 0.2) is 0 Å². The molecular formula is C12H18O2. The summed E-state index contributed by atoms with van der Waals surface area (Å²) in [5, 5.41) is 8.94. The molecule has 0 aliphatic heterocycles. The Kier molecular flexibility index (Phi) is 2.17. The highest BCUT2D eigenvalue weighted by Crippen LogP contribution is 2.59. The quantitative estimate of drug-likeness (QED) is 0.701. The van der Waals surface area contributed by atoms with E-state index in [0.717, 1.165) is 5.92 Å². The molecule has 0 aromatic heterocycles. The largest absolute Gasteiger partial charge is 0.478 e. The van der Waals surface area contributed by atoms with Crippen molar-refractivity contribution in [1.82, 2.24) is 0 Å². The Morgan fingerprint density at radius 2 is 2.07 bits per heavy atom. The Labute approximate surface area is 85.0 Å². The maximum atomic E-state index is 10.9. The van der Waals surface area contributed by atoms with Crippen molar-refractivity contribution in [1.29, 1.82) is 0 Å². The molecule has 2 fully saturated rings. The molecule has 0 saturated heterocycles. The molecule has 2 aliphatic rings. The molecule has 2 heteroatoms. The molecule has 0 amide bonds. The van der Waals surface area contributed by atoms with Gasteiger partial charge in [-0.2, -0.15) is 0 Å². The predicted molar refractivity (Wildman–Crippen MR) is 54.9 cm³/mol. The van der Waals surface area contributed by atoms with Crippen molar-refractivity contribution in [3.05, 3.63) is 12.2 Å². The average Bonchev–Trinajstić information content (AvgIpc) is 2.75. The molecule has 0 aromatic rings. The van der Waals surface area contributed by atoms with Crippen LogP contribution in [0.25, 0.3) is 0 Å². The first-order chi connectivity index (χ1) is 6.55. The van der Waals surface area contributed by atoms with Crippen LogP contribution in [0.3, 0.4) is 0 Å². The second kappa shape index (κ2) is 3.11. The fourth-order valence-electron chi connectivity index (χ4n) is 3.40. The Morgan fingerprint density at radius 3 is 2.43 bits per heavy atom. The van der Waals surface area contributed by atoms with Crippen molar-refractivity contribution in [2.45, 2.75) is 39.0 Å². The zero-order valence-electron chi connectivity index (χ0n) is 8.75. The molecule has 2 saturated carbocycles. The van der Waals surface area contributed by atoms with Gasteiger partial charge in [-0.1, -0.05) is 13.5 Å². The Bertz CT molecular complexity index is 272. The molecule has 1 unspecified atom stereocenters. The van der Waals surface area contributed by atoms with Gasteiger partial charge in [-0.25, -0.2) is 4.79 Å². The van der Waals surface area contributed by atoms with Crippen molar-refractivity contribution in [3.8, 4) is 0 Å². The summed E-state index contributed by atoms with van der Waals surface area (Å²) < 4.78 is 0. The molecule has 0 aromatic carbocycles. The van der Waals surface area contributed by atoms with Crippen LogP contribution in [0, 0.1) is 17.3 Å². The standard InChI is InChI=1S/C12H18O2/c1-8(11(13)14)9(2)12-5-3-10(7-12)4-6-12/h9-10H,1,3-7H2,2H3,(H,13,14). The maximum absolute atomic E-state index is 10.9. The van der Waals surface area contributed by atoms with E-state index in [-0.39, 0.29) is 5.92 Å². The zero-order chi connectivity index (χ0) is 10.3. The van der Waals surface area contributed by atoms with Crippen LogP contribution in [-0.4, -0.2) is 11.1 Å². The van der Waals surface area contributed by atoms with Crippen LogP contribution in [0.15, 0.2) is 12.2 Å². The second-order valence-electron chi connectivity index (χ2n) is 5.06. The van der Waals surface area contributed by atoms with Gasteiger partial charge in [0.1, 0.15) is 0 Å². The van der Waals surface area contributed by atoms with Crippen LogP contribution >= 0.6 is 0 Å². The van der Waals surface area contributed by atoms with E-state index in [0.29, 0.717) is 11.0 Å². The van der Waals surface area contributed by atoms with Gasteiger partial charge >= 0.3 is 5.97 Å². The minimum absolute atomic E-state index is 0.160. The third-order valence-corrected chi connectivity index (χ3v) is 4.51. The van der Waals surface area contributed by atoms with Crippen LogP contribution in [0.2, 0.25) is 0 Å². The number of hydrogen-bond acceptors (Lipinski definition) is 1.